The van der Waals surface area contributed by atoms with Gasteiger partial charge in [-0.15, -0.1) is 0 Å². The predicted octanol–water partition coefficient (Wildman–Crippen LogP) is 3.98. The van der Waals surface area contributed by atoms with Crippen LogP contribution < -0.4 is 0 Å². The second-order valence-electron chi connectivity index (χ2n) is 7.99. The molecular weight excluding hydrogens is 428 g/mol. The van der Waals surface area contributed by atoms with Crippen LogP contribution in [0.25, 0.3) is 0 Å². The number of imide groups is 1. The Morgan fingerprint density at radius 1 is 0.897 bits per heavy atom. The fourth-order valence-electron chi connectivity index (χ4n) is 5.57. The van der Waals surface area contributed by atoms with Crippen LogP contribution in [0.5, 0.6) is 0 Å². The van der Waals surface area contributed by atoms with Gasteiger partial charge in [0.1, 0.15) is 0 Å². The quantitative estimate of drug-likeness (QED) is 0.443. The Morgan fingerprint density at radius 3 is 2.17 bits per heavy atom. The van der Waals surface area contributed by atoms with E-state index in [0.29, 0.717) is 0 Å². The molecule has 2 aromatic carbocycles. The predicted molar refractivity (Wildman–Crippen MR) is 111 cm³/mol. The molecule has 4 nitrogen and oxygen atoms in total. The maximum Gasteiger partial charge on any atom is 0.235 e. The van der Waals surface area contributed by atoms with Gasteiger partial charge in [0.25, 0.3) is 0 Å². The van der Waals surface area contributed by atoms with E-state index in [-0.39, 0.29) is 30.2 Å². The SMILES string of the molecule is O=C1C2C3c4ccccc4C(Br)(c4ccccc43)C2C(=O)N1Cc1cccnc1. The lowest BCUT2D eigenvalue weighted by atomic mass is 9.55. The molecular formula is C24H17BrN2O2. The molecule has 1 aromatic heterocycles. The van der Waals surface area contributed by atoms with Crippen LogP contribution in [0.3, 0.4) is 0 Å². The van der Waals surface area contributed by atoms with Crippen molar-refractivity contribution in [3.05, 3.63) is 101 Å². The molecule has 2 unspecified atom stereocenters. The van der Waals surface area contributed by atoms with E-state index in [1.54, 1.807) is 12.4 Å². The van der Waals surface area contributed by atoms with Crippen LogP contribution >= 0.6 is 15.9 Å². The molecule has 0 radical (unpaired) electrons. The Balaban J connectivity index is 1.55. The number of pyridine rings is 1. The first kappa shape index (κ1) is 17.1. The van der Waals surface area contributed by atoms with Crippen molar-refractivity contribution in [2.24, 2.45) is 11.8 Å². The summed E-state index contributed by atoms with van der Waals surface area (Å²) in [5.41, 5.74) is 5.37. The third-order valence-corrected chi connectivity index (χ3v) is 8.02. The van der Waals surface area contributed by atoms with Gasteiger partial charge < -0.3 is 0 Å². The van der Waals surface area contributed by atoms with Crippen molar-refractivity contribution in [3.8, 4) is 0 Å². The number of aromatic nitrogens is 1. The average Bonchev–Trinajstić information content (AvgIpc) is 3.01. The van der Waals surface area contributed by atoms with E-state index in [2.05, 4.69) is 45.2 Å². The van der Waals surface area contributed by atoms with Crippen LogP contribution in [-0.2, 0) is 20.5 Å². The van der Waals surface area contributed by atoms with E-state index in [9.17, 15) is 9.59 Å². The van der Waals surface area contributed by atoms with Crippen molar-refractivity contribution >= 4 is 27.7 Å². The molecule has 0 spiro atoms. The fraction of sp³-hybridized carbons (Fsp3) is 0.208. The molecule has 1 aliphatic heterocycles. The highest BCUT2D eigenvalue weighted by molar-refractivity contribution is 9.09. The number of rotatable bonds is 2. The van der Waals surface area contributed by atoms with Crippen LogP contribution in [0.1, 0.15) is 33.7 Å². The second kappa shape index (κ2) is 5.86. The zero-order valence-corrected chi connectivity index (χ0v) is 17.0. The summed E-state index contributed by atoms with van der Waals surface area (Å²) in [5, 5.41) is 0. The van der Waals surface area contributed by atoms with E-state index in [0.717, 1.165) is 27.8 Å². The summed E-state index contributed by atoms with van der Waals surface area (Å²) in [5.74, 6) is -1.11. The number of alkyl halides is 1. The summed E-state index contributed by atoms with van der Waals surface area (Å²) in [4.78, 5) is 32.8. The van der Waals surface area contributed by atoms with Gasteiger partial charge >= 0.3 is 0 Å². The summed E-state index contributed by atoms with van der Waals surface area (Å²) < 4.78 is -0.684. The van der Waals surface area contributed by atoms with Gasteiger partial charge in [0, 0.05) is 18.3 Å². The van der Waals surface area contributed by atoms with E-state index in [1.165, 1.54) is 4.90 Å². The van der Waals surface area contributed by atoms with Crippen LogP contribution in [0, 0.1) is 11.8 Å². The molecule has 29 heavy (non-hydrogen) atoms. The zero-order valence-electron chi connectivity index (χ0n) is 15.5. The summed E-state index contributed by atoms with van der Waals surface area (Å²) in [6, 6.07) is 20.2. The molecule has 2 heterocycles. The standard InChI is InChI=1S/C24H17BrN2O2/c25-24-17-9-3-1-7-15(17)19(16-8-2-4-10-18(16)24)20-21(24)23(29)27(22(20)28)13-14-6-5-11-26-12-14/h1-12,19-21H,13H2. The van der Waals surface area contributed by atoms with Gasteiger partial charge in [0.15, 0.2) is 0 Å². The van der Waals surface area contributed by atoms with E-state index in [4.69, 9.17) is 0 Å². The number of carbonyl (C=O) groups excluding carboxylic acids is 2. The number of hydrogen-bond acceptors (Lipinski definition) is 3. The topological polar surface area (TPSA) is 50.3 Å². The second-order valence-corrected chi connectivity index (χ2v) is 9.24. The molecule has 2 atom stereocenters. The minimum atomic E-state index is -0.684. The van der Waals surface area contributed by atoms with Crippen LogP contribution in [-0.4, -0.2) is 21.7 Å². The molecule has 7 rings (SSSR count). The molecule has 5 heteroatoms. The highest BCUT2D eigenvalue weighted by atomic mass is 79.9. The lowest BCUT2D eigenvalue weighted by molar-refractivity contribution is -0.140. The number of carbonyl (C=O) groups is 2. The molecule has 0 saturated carbocycles. The summed E-state index contributed by atoms with van der Waals surface area (Å²) in [6.07, 6.45) is 3.41. The fourth-order valence-corrected chi connectivity index (χ4v) is 6.77. The summed E-state index contributed by atoms with van der Waals surface area (Å²) in [7, 11) is 0. The summed E-state index contributed by atoms with van der Waals surface area (Å²) in [6.45, 7) is 0.265. The van der Waals surface area contributed by atoms with Gasteiger partial charge in [-0.25, -0.2) is 0 Å². The molecule has 1 fully saturated rings. The maximum atomic E-state index is 13.6. The third kappa shape index (κ3) is 2.06. The van der Waals surface area contributed by atoms with E-state index in [1.807, 2.05) is 36.4 Å². The van der Waals surface area contributed by atoms with Crippen molar-refractivity contribution < 1.29 is 9.59 Å². The van der Waals surface area contributed by atoms with Crippen molar-refractivity contribution in [1.82, 2.24) is 9.88 Å². The van der Waals surface area contributed by atoms with Gasteiger partial charge in [-0.05, 0) is 33.9 Å². The molecule has 142 valence electrons. The first-order valence-electron chi connectivity index (χ1n) is 9.74. The van der Waals surface area contributed by atoms with Crippen LogP contribution in [0.2, 0.25) is 0 Å². The lowest BCUT2D eigenvalue weighted by Crippen LogP contribution is -2.50. The molecule has 2 bridgehead atoms. The van der Waals surface area contributed by atoms with Gasteiger partial charge in [0.05, 0.1) is 22.7 Å². The molecule has 0 N–H and O–H groups in total. The number of amides is 2. The van der Waals surface area contributed by atoms with Crippen molar-refractivity contribution in [1.29, 1.82) is 0 Å². The van der Waals surface area contributed by atoms with Gasteiger partial charge in [-0.3, -0.25) is 19.5 Å². The minimum absolute atomic E-state index is 0.0818. The number of benzene rings is 2. The smallest absolute Gasteiger partial charge is 0.235 e. The van der Waals surface area contributed by atoms with Crippen molar-refractivity contribution in [2.45, 2.75) is 16.8 Å². The Morgan fingerprint density at radius 2 is 1.55 bits per heavy atom. The Bertz CT molecular complexity index is 1130. The van der Waals surface area contributed by atoms with Gasteiger partial charge in [0.2, 0.25) is 11.8 Å². The molecule has 3 aliphatic carbocycles. The minimum Gasteiger partial charge on any atom is -0.277 e. The Labute approximate surface area is 176 Å². The van der Waals surface area contributed by atoms with E-state index >= 15 is 0 Å². The Kier molecular flexibility index (Phi) is 3.46. The highest BCUT2D eigenvalue weighted by Gasteiger charge is 2.67. The van der Waals surface area contributed by atoms with Gasteiger partial charge in [-0.2, -0.15) is 0 Å². The molecule has 1 saturated heterocycles. The molecule has 4 aliphatic rings. The third-order valence-electron chi connectivity index (χ3n) is 6.67. The van der Waals surface area contributed by atoms with Gasteiger partial charge in [-0.1, -0.05) is 70.5 Å². The lowest BCUT2D eigenvalue weighted by Gasteiger charge is -2.51. The van der Waals surface area contributed by atoms with E-state index < -0.39 is 10.2 Å². The molecule has 2 amide bonds. The normalized spacial score (nSPS) is 28.9. The number of halogens is 1. The number of nitrogens with zero attached hydrogens (tertiary/aromatic N) is 2. The highest BCUT2D eigenvalue weighted by Crippen LogP contribution is 2.66. The summed E-state index contributed by atoms with van der Waals surface area (Å²) >= 11 is 4.01. The number of likely N-dealkylation sites (tertiary alicyclic amines) is 1. The number of hydrogen-bond donors (Lipinski definition) is 0. The first-order chi connectivity index (χ1) is 14.1. The molecule has 3 aromatic rings. The largest absolute Gasteiger partial charge is 0.277 e. The van der Waals surface area contributed by atoms with Crippen molar-refractivity contribution in [3.63, 3.8) is 0 Å². The van der Waals surface area contributed by atoms with Crippen molar-refractivity contribution in [2.75, 3.05) is 0 Å². The monoisotopic (exact) mass is 444 g/mol. The van der Waals surface area contributed by atoms with Crippen LogP contribution in [0.15, 0.2) is 73.1 Å². The maximum absolute atomic E-state index is 13.6. The Hall–Kier alpha value is -2.79. The van der Waals surface area contributed by atoms with Crippen LogP contribution in [0.4, 0.5) is 0 Å². The average molecular weight is 445 g/mol. The zero-order chi connectivity index (χ0) is 19.8. The first-order valence-corrected chi connectivity index (χ1v) is 10.5.